The highest BCUT2D eigenvalue weighted by atomic mass is 19.1. The zero-order valence-corrected chi connectivity index (χ0v) is 8.63. The van der Waals surface area contributed by atoms with Gasteiger partial charge in [0.1, 0.15) is 13.2 Å². The molecular formula is C11H14FNO2. The van der Waals surface area contributed by atoms with Crippen LogP contribution in [0.1, 0.15) is 18.4 Å². The number of benzene rings is 1. The van der Waals surface area contributed by atoms with E-state index in [1.807, 2.05) is 6.92 Å². The number of fused-ring (bicyclic) bond motifs is 1. The summed E-state index contributed by atoms with van der Waals surface area (Å²) in [5, 5.41) is 0. The topological polar surface area (TPSA) is 44.5 Å². The molecule has 0 aliphatic carbocycles. The Morgan fingerprint density at radius 2 is 2.00 bits per heavy atom. The molecule has 0 radical (unpaired) electrons. The first kappa shape index (κ1) is 10.2. The van der Waals surface area contributed by atoms with E-state index in [2.05, 4.69) is 0 Å². The van der Waals surface area contributed by atoms with Crippen molar-refractivity contribution in [1.29, 1.82) is 0 Å². The molecule has 1 atom stereocenters. The number of hydrogen-bond donors (Lipinski definition) is 1. The van der Waals surface area contributed by atoms with Crippen LogP contribution in [-0.4, -0.2) is 19.8 Å². The predicted molar refractivity (Wildman–Crippen MR) is 54.9 cm³/mol. The maximum absolute atomic E-state index is 13.4. The summed E-state index contributed by atoms with van der Waals surface area (Å²) in [7, 11) is 0. The summed E-state index contributed by atoms with van der Waals surface area (Å²) in [6.07, 6.45) is 0. The molecule has 1 heterocycles. The van der Waals surface area contributed by atoms with Crippen molar-refractivity contribution in [3.05, 3.63) is 23.5 Å². The first-order valence-corrected chi connectivity index (χ1v) is 5.02. The fourth-order valence-corrected chi connectivity index (χ4v) is 1.64. The normalized spacial score (nSPS) is 16.2. The molecule has 15 heavy (non-hydrogen) atoms. The van der Waals surface area contributed by atoms with Gasteiger partial charge in [-0.15, -0.1) is 0 Å². The van der Waals surface area contributed by atoms with Gasteiger partial charge in [0.25, 0.3) is 0 Å². The van der Waals surface area contributed by atoms with E-state index < -0.39 is 0 Å². The van der Waals surface area contributed by atoms with E-state index in [0.29, 0.717) is 25.5 Å². The predicted octanol–water partition coefficient (Wildman–Crippen LogP) is 1.66. The number of halogens is 1. The van der Waals surface area contributed by atoms with Crippen LogP contribution in [0.5, 0.6) is 11.5 Å². The van der Waals surface area contributed by atoms with Gasteiger partial charge >= 0.3 is 0 Å². The zero-order valence-electron chi connectivity index (χ0n) is 8.63. The Labute approximate surface area is 88.0 Å². The Hall–Kier alpha value is -1.29. The highest BCUT2D eigenvalue weighted by Gasteiger charge is 2.22. The fourth-order valence-electron chi connectivity index (χ4n) is 1.64. The van der Waals surface area contributed by atoms with Crippen LogP contribution < -0.4 is 15.2 Å². The van der Waals surface area contributed by atoms with Gasteiger partial charge in [-0.3, -0.25) is 0 Å². The second kappa shape index (κ2) is 4.06. The number of ether oxygens (including phenoxy) is 2. The van der Waals surface area contributed by atoms with E-state index in [0.717, 1.165) is 5.56 Å². The molecule has 1 unspecified atom stereocenters. The van der Waals surface area contributed by atoms with Gasteiger partial charge < -0.3 is 15.2 Å². The van der Waals surface area contributed by atoms with E-state index in [-0.39, 0.29) is 17.5 Å². The number of rotatable bonds is 2. The third kappa shape index (κ3) is 1.77. The lowest BCUT2D eigenvalue weighted by molar-refractivity contribution is 0.162. The molecule has 4 heteroatoms. The van der Waals surface area contributed by atoms with Gasteiger partial charge in [0.2, 0.25) is 0 Å². The third-order valence-electron chi connectivity index (χ3n) is 2.56. The van der Waals surface area contributed by atoms with Gasteiger partial charge in [-0.1, -0.05) is 13.0 Å². The van der Waals surface area contributed by atoms with Crippen LogP contribution in [0.4, 0.5) is 4.39 Å². The van der Waals surface area contributed by atoms with Crippen molar-refractivity contribution < 1.29 is 13.9 Å². The molecule has 0 spiro atoms. The highest BCUT2D eigenvalue weighted by molar-refractivity contribution is 5.50. The highest BCUT2D eigenvalue weighted by Crippen LogP contribution is 2.39. The van der Waals surface area contributed by atoms with Crippen molar-refractivity contribution in [3.8, 4) is 11.5 Å². The second-order valence-corrected chi connectivity index (χ2v) is 3.63. The van der Waals surface area contributed by atoms with Crippen molar-refractivity contribution in [1.82, 2.24) is 0 Å². The van der Waals surface area contributed by atoms with E-state index in [4.69, 9.17) is 15.2 Å². The monoisotopic (exact) mass is 211 g/mol. The lowest BCUT2D eigenvalue weighted by Crippen LogP contribution is -2.19. The Bertz CT molecular complexity index is 368. The lowest BCUT2D eigenvalue weighted by Gasteiger charge is -2.23. The molecule has 1 aromatic carbocycles. The van der Waals surface area contributed by atoms with Crippen molar-refractivity contribution >= 4 is 0 Å². The maximum atomic E-state index is 13.4. The van der Waals surface area contributed by atoms with Gasteiger partial charge in [0, 0.05) is 5.56 Å². The summed E-state index contributed by atoms with van der Waals surface area (Å²) >= 11 is 0. The van der Waals surface area contributed by atoms with Gasteiger partial charge in [0.05, 0.1) is 0 Å². The second-order valence-electron chi connectivity index (χ2n) is 3.63. The number of hydrogen-bond acceptors (Lipinski definition) is 3. The molecule has 1 aromatic rings. The minimum absolute atomic E-state index is 0.140. The third-order valence-corrected chi connectivity index (χ3v) is 2.56. The Kier molecular flexibility index (Phi) is 2.77. The van der Waals surface area contributed by atoms with E-state index in [9.17, 15) is 4.39 Å². The Balaban J connectivity index is 2.48. The fraction of sp³-hybridized carbons (Fsp3) is 0.455. The summed E-state index contributed by atoms with van der Waals surface area (Å²) in [6, 6.07) is 3.11. The van der Waals surface area contributed by atoms with Crippen LogP contribution >= 0.6 is 0 Å². The first-order chi connectivity index (χ1) is 7.24. The molecule has 0 bridgehead atoms. The lowest BCUT2D eigenvalue weighted by atomic mass is 9.99. The van der Waals surface area contributed by atoms with Crippen LogP contribution in [0.2, 0.25) is 0 Å². The summed E-state index contributed by atoms with van der Waals surface area (Å²) in [6.45, 7) is 3.33. The maximum Gasteiger partial charge on any atom is 0.197 e. The van der Waals surface area contributed by atoms with Crippen LogP contribution in [0, 0.1) is 5.82 Å². The average Bonchev–Trinajstić information content (AvgIpc) is 2.29. The molecule has 0 saturated heterocycles. The van der Waals surface area contributed by atoms with Crippen LogP contribution in [0.25, 0.3) is 0 Å². The molecule has 3 nitrogen and oxygen atoms in total. The SMILES string of the molecule is CC(CN)c1ccc(F)c2c1OCCO2. The molecule has 1 aliphatic rings. The molecule has 2 N–H and O–H groups in total. The van der Waals surface area contributed by atoms with Crippen molar-refractivity contribution in [2.24, 2.45) is 5.73 Å². The molecule has 0 fully saturated rings. The molecule has 2 rings (SSSR count). The van der Waals surface area contributed by atoms with E-state index in [1.165, 1.54) is 6.07 Å². The summed E-state index contributed by atoms with van der Waals surface area (Å²) in [5.41, 5.74) is 6.50. The Morgan fingerprint density at radius 1 is 1.33 bits per heavy atom. The van der Waals surface area contributed by atoms with Crippen molar-refractivity contribution in [2.75, 3.05) is 19.8 Å². The standard InChI is InChI=1S/C11H14FNO2/c1-7(6-13)8-2-3-9(12)11-10(8)14-4-5-15-11/h2-3,7H,4-6,13H2,1H3. The van der Waals surface area contributed by atoms with Crippen LogP contribution in [0.15, 0.2) is 12.1 Å². The smallest absolute Gasteiger partial charge is 0.197 e. The summed E-state index contributed by atoms with van der Waals surface area (Å²) < 4.78 is 24.1. The molecule has 82 valence electrons. The molecular weight excluding hydrogens is 197 g/mol. The zero-order chi connectivity index (χ0) is 10.8. The van der Waals surface area contributed by atoms with Gasteiger partial charge in [-0.25, -0.2) is 4.39 Å². The molecule has 0 saturated carbocycles. The largest absolute Gasteiger partial charge is 0.486 e. The van der Waals surface area contributed by atoms with Gasteiger partial charge in [-0.05, 0) is 18.5 Å². The van der Waals surface area contributed by atoms with Gasteiger partial charge in [0.15, 0.2) is 17.3 Å². The van der Waals surface area contributed by atoms with Crippen LogP contribution in [0.3, 0.4) is 0 Å². The minimum Gasteiger partial charge on any atom is -0.486 e. The van der Waals surface area contributed by atoms with E-state index >= 15 is 0 Å². The number of nitrogens with two attached hydrogens (primary N) is 1. The summed E-state index contributed by atoms with van der Waals surface area (Å²) in [5.74, 6) is 0.497. The van der Waals surface area contributed by atoms with Crippen molar-refractivity contribution in [3.63, 3.8) is 0 Å². The minimum atomic E-state index is -0.377. The molecule has 1 aliphatic heterocycles. The average molecular weight is 211 g/mol. The Morgan fingerprint density at radius 3 is 2.67 bits per heavy atom. The van der Waals surface area contributed by atoms with E-state index in [1.54, 1.807) is 6.07 Å². The quantitative estimate of drug-likeness (QED) is 0.809. The van der Waals surface area contributed by atoms with Crippen LogP contribution in [-0.2, 0) is 0 Å². The first-order valence-electron chi connectivity index (χ1n) is 5.02. The van der Waals surface area contributed by atoms with Crippen molar-refractivity contribution in [2.45, 2.75) is 12.8 Å². The summed E-state index contributed by atoms with van der Waals surface area (Å²) in [4.78, 5) is 0. The molecule has 0 amide bonds. The molecule has 0 aromatic heterocycles. The van der Waals surface area contributed by atoms with Gasteiger partial charge in [-0.2, -0.15) is 0 Å².